The molecule has 2 rings (SSSR count). The maximum atomic E-state index is 5.94. The van der Waals surface area contributed by atoms with E-state index in [0.29, 0.717) is 10.2 Å². The van der Waals surface area contributed by atoms with E-state index in [9.17, 15) is 0 Å². The summed E-state index contributed by atoms with van der Waals surface area (Å²) in [6, 6.07) is 5.73. The summed E-state index contributed by atoms with van der Waals surface area (Å²) in [6.45, 7) is 0. The highest BCUT2D eigenvalue weighted by Crippen LogP contribution is 2.29. The molecule has 0 N–H and O–H groups in total. The zero-order valence-corrected chi connectivity index (χ0v) is 9.49. The van der Waals surface area contributed by atoms with Crippen molar-refractivity contribution >= 4 is 49.9 Å². The van der Waals surface area contributed by atoms with Crippen molar-refractivity contribution in [2.45, 2.75) is 0 Å². The highest BCUT2D eigenvalue weighted by atomic mass is 79.9. The molecule has 1 aromatic carbocycles. The van der Waals surface area contributed by atoms with E-state index in [2.05, 4.69) is 20.9 Å². The van der Waals surface area contributed by atoms with Gasteiger partial charge in [0.15, 0.2) is 0 Å². The van der Waals surface area contributed by atoms with Crippen molar-refractivity contribution in [3.63, 3.8) is 0 Å². The van der Waals surface area contributed by atoms with Crippen LogP contribution in [-0.2, 0) is 0 Å². The lowest BCUT2D eigenvalue weighted by molar-refractivity contribution is 1.36. The third-order valence-electron chi connectivity index (χ3n) is 1.75. The summed E-state index contributed by atoms with van der Waals surface area (Å²) in [7, 11) is 0. The quantitative estimate of drug-likeness (QED) is 0.654. The van der Waals surface area contributed by atoms with Crippen LogP contribution < -0.4 is 0 Å². The predicted octanol–water partition coefficient (Wildman–Crippen LogP) is 4.30. The lowest BCUT2D eigenvalue weighted by Crippen LogP contribution is -1.80. The van der Waals surface area contributed by atoms with E-state index in [1.54, 1.807) is 6.20 Å². The number of benzene rings is 1. The number of rotatable bonds is 0. The largest absolute Gasteiger partial charge is 0.242 e. The Bertz CT molecular complexity index is 470. The van der Waals surface area contributed by atoms with Crippen molar-refractivity contribution < 1.29 is 0 Å². The van der Waals surface area contributed by atoms with Gasteiger partial charge in [0.1, 0.15) is 5.15 Å². The molecular weight excluding hydrogens is 273 g/mol. The Balaban J connectivity index is 2.92. The summed E-state index contributed by atoms with van der Waals surface area (Å²) in [5.41, 5.74) is 0. The molecular formula is C9H4BrCl2N. The number of pyridine rings is 1. The summed E-state index contributed by atoms with van der Waals surface area (Å²) in [4.78, 5) is 3.96. The Morgan fingerprint density at radius 2 is 1.92 bits per heavy atom. The van der Waals surface area contributed by atoms with Gasteiger partial charge in [0.2, 0.25) is 0 Å². The molecule has 0 radical (unpaired) electrons. The minimum atomic E-state index is 0.473. The molecule has 0 aliphatic rings. The first-order chi connectivity index (χ1) is 6.18. The number of nitrogens with zero attached hydrogens (tertiary/aromatic N) is 1. The Kier molecular flexibility index (Phi) is 2.45. The summed E-state index contributed by atoms with van der Waals surface area (Å²) < 4.78 is 0.964. The fraction of sp³-hybridized carbons (Fsp3) is 0. The molecule has 0 saturated carbocycles. The molecule has 0 spiro atoms. The van der Waals surface area contributed by atoms with Crippen LogP contribution in [0.4, 0.5) is 0 Å². The van der Waals surface area contributed by atoms with Crippen LogP contribution in [0.2, 0.25) is 10.2 Å². The van der Waals surface area contributed by atoms with Crippen LogP contribution in [0.25, 0.3) is 10.8 Å². The predicted molar refractivity (Wildman–Crippen MR) is 59.5 cm³/mol. The number of hydrogen-bond donors (Lipinski definition) is 0. The fourth-order valence-corrected chi connectivity index (χ4v) is 1.93. The average Bonchev–Trinajstić information content (AvgIpc) is 2.12. The van der Waals surface area contributed by atoms with Crippen LogP contribution in [0.5, 0.6) is 0 Å². The first kappa shape index (κ1) is 9.25. The Morgan fingerprint density at radius 1 is 1.15 bits per heavy atom. The standard InChI is InChI=1S/C9H4BrCl2N/c10-5-1-2-6-7(3-5)9(12)13-4-8(6)11/h1-4H. The molecule has 1 aromatic heterocycles. The highest BCUT2D eigenvalue weighted by Gasteiger charge is 2.04. The van der Waals surface area contributed by atoms with E-state index in [1.165, 1.54) is 0 Å². The van der Waals surface area contributed by atoms with Crippen molar-refractivity contribution in [3.05, 3.63) is 39.0 Å². The summed E-state index contributed by atoms with van der Waals surface area (Å²) >= 11 is 15.2. The molecule has 0 aliphatic carbocycles. The maximum Gasteiger partial charge on any atom is 0.136 e. The molecule has 0 atom stereocenters. The molecule has 4 heteroatoms. The van der Waals surface area contributed by atoms with Gasteiger partial charge in [-0.2, -0.15) is 0 Å². The van der Waals surface area contributed by atoms with Crippen LogP contribution in [0.3, 0.4) is 0 Å². The SMILES string of the molecule is Clc1cnc(Cl)c2cc(Br)ccc12. The summed E-state index contributed by atoms with van der Waals surface area (Å²) in [5.74, 6) is 0. The normalized spacial score (nSPS) is 10.7. The topological polar surface area (TPSA) is 12.9 Å². The molecule has 2 aromatic rings. The van der Waals surface area contributed by atoms with Crippen molar-refractivity contribution in [1.29, 1.82) is 0 Å². The zero-order chi connectivity index (χ0) is 9.42. The van der Waals surface area contributed by atoms with Crippen LogP contribution in [0.15, 0.2) is 28.9 Å². The Labute approximate surface area is 93.8 Å². The number of hydrogen-bond acceptors (Lipinski definition) is 1. The van der Waals surface area contributed by atoms with Gasteiger partial charge in [-0.05, 0) is 12.1 Å². The fourth-order valence-electron chi connectivity index (χ4n) is 1.15. The van der Waals surface area contributed by atoms with Crippen LogP contribution >= 0.6 is 39.1 Å². The van der Waals surface area contributed by atoms with Gasteiger partial charge in [-0.3, -0.25) is 0 Å². The van der Waals surface area contributed by atoms with Crippen molar-refractivity contribution in [2.75, 3.05) is 0 Å². The van der Waals surface area contributed by atoms with E-state index in [1.807, 2.05) is 18.2 Å². The molecule has 13 heavy (non-hydrogen) atoms. The minimum absolute atomic E-state index is 0.473. The third-order valence-corrected chi connectivity index (χ3v) is 2.85. The highest BCUT2D eigenvalue weighted by molar-refractivity contribution is 9.10. The average molecular weight is 277 g/mol. The van der Waals surface area contributed by atoms with Gasteiger partial charge in [-0.25, -0.2) is 4.98 Å². The zero-order valence-electron chi connectivity index (χ0n) is 6.39. The van der Waals surface area contributed by atoms with Crippen molar-refractivity contribution in [1.82, 2.24) is 4.98 Å². The molecule has 0 fully saturated rings. The summed E-state index contributed by atoms with van der Waals surface area (Å²) in [6.07, 6.45) is 1.56. The molecule has 0 saturated heterocycles. The lowest BCUT2D eigenvalue weighted by Gasteiger charge is -2.01. The van der Waals surface area contributed by atoms with Gasteiger partial charge in [-0.15, -0.1) is 0 Å². The Hall–Kier alpha value is -0.310. The van der Waals surface area contributed by atoms with Gasteiger partial charge in [0.05, 0.1) is 5.02 Å². The van der Waals surface area contributed by atoms with Gasteiger partial charge >= 0.3 is 0 Å². The Morgan fingerprint density at radius 3 is 2.69 bits per heavy atom. The first-order valence-corrected chi connectivity index (χ1v) is 5.12. The molecule has 1 nitrogen and oxygen atoms in total. The van der Waals surface area contributed by atoms with E-state index in [4.69, 9.17) is 23.2 Å². The second kappa shape index (κ2) is 3.45. The molecule has 1 heterocycles. The number of fused-ring (bicyclic) bond motifs is 1. The number of halogens is 3. The molecule has 0 bridgehead atoms. The van der Waals surface area contributed by atoms with Crippen molar-refractivity contribution in [3.8, 4) is 0 Å². The minimum Gasteiger partial charge on any atom is -0.242 e. The monoisotopic (exact) mass is 275 g/mol. The van der Waals surface area contributed by atoms with E-state index >= 15 is 0 Å². The molecule has 0 amide bonds. The third kappa shape index (κ3) is 1.66. The maximum absolute atomic E-state index is 5.94. The molecule has 0 unspecified atom stereocenters. The van der Waals surface area contributed by atoms with Gasteiger partial charge < -0.3 is 0 Å². The van der Waals surface area contributed by atoms with Crippen LogP contribution in [0.1, 0.15) is 0 Å². The van der Waals surface area contributed by atoms with Crippen molar-refractivity contribution in [2.24, 2.45) is 0 Å². The van der Waals surface area contributed by atoms with Crippen LogP contribution in [-0.4, -0.2) is 4.98 Å². The van der Waals surface area contributed by atoms with E-state index < -0.39 is 0 Å². The van der Waals surface area contributed by atoms with E-state index in [0.717, 1.165) is 15.2 Å². The van der Waals surface area contributed by atoms with E-state index in [-0.39, 0.29) is 0 Å². The smallest absolute Gasteiger partial charge is 0.136 e. The molecule has 0 aliphatic heterocycles. The second-order valence-corrected chi connectivity index (χ2v) is 4.27. The first-order valence-electron chi connectivity index (χ1n) is 3.58. The van der Waals surface area contributed by atoms with Gasteiger partial charge in [0, 0.05) is 21.4 Å². The van der Waals surface area contributed by atoms with Crippen LogP contribution in [0, 0.1) is 0 Å². The van der Waals surface area contributed by atoms with Gasteiger partial charge in [-0.1, -0.05) is 45.2 Å². The van der Waals surface area contributed by atoms with Gasteiger partial charge in [0.25, 0.3) is 0 Å². The number of aromatic nitrogens is 1. The second-order valence-electron chi connectivity index (χ2n) is 2.59. The lowest BCUT2D eigenvalue weighted by atomic mass is 10.2. The molecule has 66 valence electrons. The summed E-state index contributed by atoms with van der Waals surface area (Å²) in [5, 5.41) is 2.88.